The predicted octanol–water partition coefficient (Wildman–Crippen LogP) is 3.77. The molecule has 2 N–H and O–H groups in total. The summed E-state index contributed by atoms with van der Waals surface area (Å²) in [7, 11) is 0. The number of amides is 1. The largest absolute Gasteiger partial charge is 0.383 e. The van der Waals surface area contributed by atoms with Gasteiger partial charge in [-0.2, -0.15) is 0 Å². The normalized spacial score (nSPS) is 12.7. The number of pyridine rings is 1. The minimum Gasteiger partial charge on any atom is -0.383 e. The molecule has 0 fully saturated rings. The number of nitrogens with one attached hydrogen (secondary N) is 1. The summed E-state index contributed by atoms with van der Waals surface area (Å²) in [5.41, 5.74) is 2.76. The van der Waals surface area contributed by atoms with Gasteiger partial charge in [0.05, 0.1) is 18.1 Å². The van der Waals surface area contributed by atoms with Gasteiger partial charge in [-0.25, -0.2) is 4.39 Å². The van der Waals surface area contributed by atoms with Crippen molar-refractivity contribution in [2.45, 2.75) is 38.8 Å². The summed E-state index contributed by atoms with van der Waals surface area (Å²) >= 11 is 0. The van der Waals surface area contributed by atoms with E-state index in [-0.39, 0.29) is 25.2 Å². The average molecular weight is 342 g/mol. The highest BCUT2D eigenvalue weighted by Crippen LogP contribution is 2.17. The molecule has 2 rings (SSSR count). The van der Waals surface area contributed by atoms with E-state index in [2.05, 4.69) is 10.3 Å². The third-order valence-corrected chi connectivity index (χ3v) is 3.76. The molecule has 0 saturated carbocycles. The predicted molar refractivity (Wildman–Crippen MR) is 96.2 cm³/mol. The fourth-order valence-electron chi connectivity index (χ4n) is 2.36. The average Bonchev–Trinajstić information content (AvgIpc) is 2.65. The highest BCUT2D eigenvalue weighted by atomic mass is 19.1. The van der Waals surface area contributed by atoms with Gasteiger partial charge >= 0.3 is 0 Å². The number of benzene rings is 1. The van der Waals surface area contributed by atoms with Gasteiger partial charge in [0.2, 0.25) is 5.91 Å². The summed E-state index contributed by atoms with van der Waals surface area (Å²) in [5.74, 6) is -0.814. The molecule has 1 unspecified atom stereocenters. The molecule has 1 aromatic carbocycles. The van der Waals surface area contributed by atoms with Gasteiger partial charge in [-0.3, -0.25) is 9.78 Å². The number of aliphatic hydroxyl groups excluding tert-OH is 1. The van der Waals surface area contributed by atoms with E-state index < -0.39 is 12.0 Å². The first kappa shape index (κ1) is 18.8. The second-order valence-corrected chi connectivity index (χ2v) is 5.74. The molecule has 1 aromatic heterocycles. The maximum Gasteiger partial charge on any atom is 0.249 e. The van der Waals surface area contributed by atoms with Crippen LogP contribution < -0.4 is 5.32 Å². The number of carbonyl (C=O) groups is 1. The molecule has 4 nitrogen and oxygen atoms in total. The summed E-state index contributed by atoms with van der Waals surface area (Å²) in [5, 5.41) is 12.4. The Morgan fingerprint density at radius 3 is 2.64 bits per heavy atom. The molecule has 2 aromatic rings. The highest BCUT2D eigenvalue weighted by molar-refractivity contribution is 5.80. The molecule has 0 spiro atoms. The number of aliphatic hydroxyl groups is 1. The van der Waals surface area contributed by atoms with Crippen LogP contribution in [0.4, 0.5) is 4.39 Å². The standard InChI is InChI=1S/C20H23FN2O2/c1-2-6-17(21)10-12-19(24)20(25)23-14-18-11-9-16(13-22-18)15-7-4-3-5-8-15/h3-9,11,13,19,24H,2,10,12,14H2,1H3,(H,23,25)/b17-6+. The second kappa shape index (κ2) is 9.69. The quantitative estimate of drug-likeness (QED) is 0.768. The van der Waals surface area contributed by atoms with Gasteiger partial charge in [-0.15, -0.1) is 0 Å². The van der Waals surface area contributed by atoms with Crippen molar-refractivity contribution in [3.8, 4) is 11.1 Å². The van der Waals surface area contributed by atoms with E-state index in [1.54, 1.807) is 6.20 Å². The SMILES string of the molecule is CC/C=C(/F)CCC(O)C(=O)NCc1ccc(-c2ccccc2)cn1. The molecule has 5 heteroatoms. The van der Waals surface area contributed by atoms with Crippen molar-refractivity contribution in [2.75, 3.05) is 0 Å². The lowest BCUT2D eigenvalue weighted by molar-refractivity contribution is -0.129. The van der Waals surface area contributed by atoms with Crippen molar-refractivity contribution in [3.63, 3.8) is 0 Å². The first-order valence-corrected chi connectivity index (χ1v) is 8.40. The number of allylic oxidation sites excluding steroid dienone is 2. The zero-order valence-corrected chi connectivity index (χ0v) is 14.3. The Morgan fingerprint density at radius 2 is 2.00 bits per heavy atom. The Labute approximate surface area is 147 Å². The van der Waals surface area contributed by atoms with Crippen LogP contribution in [0.25, 0.3) is 11.1 Å². The van der Waals surface area contributed by atoms with Crippen molar-refractivity contribution < 1.29 is 14.3 Å². The van der Waals surface area contributed by atoms with Crippen LogP contribution in [0.2, 0.25) is 0 Å². The number of aromatic nitrogens is 1. The maximum absolute atomic E-state index is 13.3. The number of nitrogens with zero attached hydrogens (tertiary/aromatic N) is 1. The van der Waals surface area contributed by atoms with Crippen LogP contribution in [-0.2, 0) is 11.3 Å². The molecule has 0 aliphatic rings. The lowest BCUT2D eigenvalue weighted by atomic mass is 10.1. The third-order valence-electron chi connectivity index (χ3n) is 3.76. The molecule has 0 aliphatic carbocycles. The number of rotatable bonds is 8. The Bertz CT molecular complexity index is 699. The number of halogens is 1. The van der Waals surface area contributed by atoms with E-state index in [1.807, 2.05) is 49.4 Å². The molecule has 132 valence electrons. The van der Waals surface area contributed by atoms with Crippen molar-refractivity contribution in [3.05, 3.63) is 66.3 Å². The Hall–Kier alpha value is -2.53. The zero-order valence-electron chi connectivity index (χ0n) is 14.3. The zero-order chi connectivity index (χ0) is 18.1. The summed E-state index contributed by atoms with van der Waals surface area (Å²) in [6.45, 7) is 2.05. The van der Waals surface area contributed by atoms with Gasteiger partial charge in [-0.05, 0) is 24.5 Å². The van der Waals surface area contributed by atoms with Crippen molar-refractivity contribution in [1.29, 1.82) is 0 Å². The van der Waals surface area contributed by atoms with Crippen molar-refractivity contribution in [2.24, 2.45) is 0 Å². The van der Waals surface area contributed by atoms with Crippen LogP contribution in [0.3, 0.4) is 0 Å². The van der Waals surface area contributed by atoms with E-state index in [0.29, 0.717) is 12.1 Å². The lowest BCUT2D eigenvalue weighted by Gasteiger charge is -2.11. The Balaban J connectivity index is 1.82. The smallest absolute Gasteiger partial charge is 0.249 e. The van der Waals surface area contributed by atoms with E-state index >= 15 is 0 Å². The van der Waals surface area contributed by atoms with Crippen LogP contribution in [-0.4, -0.2) is 22.1 Å². The van der Waals surface area contributed by atoms with Gasteiger partial charge in [0.15, 0.2) is 0 Å². The number of hydrogen-bond donors (Lipinski definition) is 2. The van der Waals surface area contributed by atoms with Crippen LogP contribution in [0.1, 0.15) is 31.9 Å². The number of carbonyl (C=O) groups excluding carboxylic acids is 1. The van der Waals surface area contributed by atoms with Gasteiger partial charge in [-0.1, -0.05) is 49.4 Å². The monoisotopic (exact) mass is 342 g/mol. The van der Waals surface area contributed by atoms with Gasteiger partial charge in [0.25, 0.3) is 0 Å². The highest BCUT2D eigenvalue weighted by Gasteiger charge is 2.15. The molecule has 1 amide bonds. The topological polar surface area (TPSA) is 62.2 Å². The third kappa shape index (κ3) is 6.12. The molecular weight excluding hydrogens is 319 g/mol. The minimum absolute atomic E-state index is 0.0620. The molecule has 1 atom stereocenters. The lowest BCUT2D eigenvalue weighted by Crippen LogP contribution is -2.34. The van der Waals surface area contributed by atoms with E-state index in [9.17, 15) is 14.3 Å². The van der Waals surface area contributed by atoms with Gasteiger partial charge < -0.3 is 10.4 Å². The minimum atomic E-state index is -1.22. The molecule has 0 saturated heterocycles. The van der Waals surface area contributed by atoms with E-state index in [1.165, 1.54) is 6.08 Å². The summed E-state index contributed by atoms with van der Waals surface area (Å²) in [6.07, 6.45) is 2.69. The van der Waals surface area contributed by atoms with Crippen LogP contribution in [0.15, 0.2) is 60.6 Å². The molecule has 0 aliphatic heterocycles. The maximum atomic E-state index is 13.3. The van der Waals surface area contributed by atoms with Gasteiger partial charge in [0, 0.05) is 18.2 Å². The molecule has 0 radical (unpaired) electrons. The molecule has 25 heavy (non-hydrogen) atoms. The number of hydrogen-bond acceptors (Lipinski definition) is 3. The summed E-state index contributed by atoms with van der Waals surface area (Å²) in [4.78, 5) is 16.2. The van der Waals surface area contributed by atoms with Crippen LogP contribution in [0, 0.1) is 0 Å². The first-order chi connectivity index (χ1) is 12.1. The fraction of sp³-hybridized carbons (Fsp3) is 0.300. The van der Waals surface area contributed by atoms with E-state index in [0.717, 1.165) is 11.1 Å². The van der Waals surface area contributed by atoms with Crippen molar-refractivity contribution in [1.82, 2.24) is 10.3 Å². The molecule has 0 bridgehead atoms. The van der Waals surface area contributed by atoms with Gasteiger partial charge in [0.1, 0.15) is 6.10 Å². The van der Waals surface area contributed by atoms with E-state index in [4.69, 9.17) is 0 Å². The Morgan fingerprint density at radius 1 is 1.24 bits per heavy atom. The van der Waals surface area contributed by atoms with Crippen LogP contribution >= 0.6 is 0 Å². The van der Waals surface area contributed by atoms with Crippen LogP contribution in [0.5, 0.6) is 0 Å². The summed E-state index contributed by atoms with van der Waals surface area (Å²) < 4.78 is 13.3. The second-order valence-electron chi connectivity index (χ2n) is 5.74. The fourth-order valence-corrected chi connectivity index (χ4v) is 2.36. The Kier molecular flexibility index (Phi) is 7.29. The van der Waals surface area contributed by atoms with Crippen molar-refractivity contribution >= 4 is 5.91 Å². The summed E-state index contributed by atoms with van der Waals surface area (Å²) in [6, 6.07) is 13.6. The first-order valence-electron chi connectivity index (χ1n) is 8.40. The molecular formula is C20H23FN2O2. The molecule has 1 heterocycles.